The van der Waals surface area contributed by atoms with Gasteiger partial charge in [0.25, 0.3) is 0 Å². The molecule has 0 unspecified atom stereocenters. The van der Waals surface area contributed by atoms with Gasteiger partial charge in [0, 0.05) is 30.5 Å². The van der Waals surface area contributed by atoms with Gasteiger partial charge in [-0.2, -0.15) is 0 Å². The molecule has 1 N–H and O–H groups in total. The predicted octanol–water partition coefficient (Wildman–Crippen LogP) is 4.80. The topological polar surface area (TPSA) is 86.8 Å². The van der Waals surface area contributed by atoms with Crippen molar-refractivity contribution in [1.82, 2.24) is 10.2 Å². The SMILES string of the molecule is Cc1cccc(N(CCCC(=O)N(Cc2ccc(Br)cc2)[C@H](C)C(=O)NCC(C)C)S(C)(=O)=O)c1C. The monoisotopic (exact) mass is 579 g/mol. The summed E-state index contributed by atoms with van der Waals surface area (Å²) >= 11 is 3.42. The maximum Gasteiger partial charge on any atom is 0.242 e. The molecule has 9 heteroatoms. The van der Waals surface area contributed by atoms with Gasteiger partial charge in [0.1, 0.15) is 6.04 Å². The Balaban J connectivity index is 2.19. The van der Waals surface area contributed by atoms with E-state index in [2.05, 4.69) is 21.2 Å². The maximum absolute atomic E-state index is 13.4. The number of amides is 2. The first kappa shape index (κ1) is 29.8. The first-order valence-corrected chi connectivity index (χ1v) is 14.8. The quantitative estimate of drug-likeness (QED) is 0.391. The minimum absolute atomic E-state index is 0.120. The van der Waals surface area contributed by atoms with Crippen LogP contribution in [0.1, 0.15) is 50.3 Å². The molecule has 0 saturated carbocycles. The number of sulfonamides is 1. The van der Waals surface area contributed by atoms with Crippen LogP contribution in [0.5, 0.6) is 0 Å². The van der Waals surface area contributed by atoms with Gasteiger partial charge in [0.2, 0.25) is 21.8 Å². The number of nitrogens with one attached hydrogen (secondary N) is 1. The Labute approximate surface area is 224 Å². The van der Waals surface area contributed by atoms with Gasteiger partial charge < -0.3 is 10.2 Å². The summed E-state index contributed by atoms with van der Waals surface area (Å²) in [4.78, 5) is 27.7. The van der Waals surface area contributed by atoms with E-state index in [4.69, 9.17) is 0 Å². The Morgan fingerprint density at radius 1 is 1.03 bits per heavy atom. The van der Waals surface area contributed by atoms with Crippen molar-refractivity contribution in [1.29, 1.82) is 0 Å². The van der Waals surface area contributed by atoms with Crippen molar-refractivity contribution in [2.45, 2.75) is 60.0 Å². The molecule has 2 aromatic rings. The number of carbonyl (C=O) groups excluding carboxylic acids is 2. The molecule has 2 rings (SSSR count). The van der Waals surface area contributed by atoms with Crippen LogP contribution in [0.4, 0.5) is 5.69 Å². The smallest absolute Gasteiger partial charge is 0.242 e. The van der Waals surface area contributed by atoms with Crippen LogP contribution < -0.4 is 9.62 Å². The van der Waals surface area contributed by atoms with Crippen LogP contribution >= 0.6 is 15.9 Å². The molecule has 0 aromatic heterocycles. The second-order valence-corrected chi connectivity index (χ2v) is 12.4. The molecule has 0 aliphatic rings. The van der Waals surface area contributed by atoms with Crippen molar-refractivity contribution in [3.63, 3.8) is 0 Å². The van der Waals surface area contributed by atoms with Gasteiger partial charge in [-0.25, -0.2) is 8.42 Å². The summed E-state index contributed by atoms with van der Waals surface area (Å²) in [5.41, 5.74) is 3.42. The molecule has 198 valence electrons. The average Bonchev–Trinajstić information content (AvgIpc) is 2.80. The van der Waals surface area contributed by atoms with E-state index in [1.54, 1.807) is 17.9 Å². The molecule has 2 amide bonds. The largest absolute Gasteiger partial charge is 0.354 e. The zero-order chi connectivity index (χ0) is 27.0. The molecular weight excluding hydrogens is 542 g/mol. The summed E-state index contributed by atoms with van der Waals surface area (Å²) < 4.78 is 27.4. The summed E-state index contributed by atoms with van der Waals surface area (Å²) in [6, 6.07) is 12.5. The fourth-order valence-electron chi connectivity index (χ4n) is 3.81. The Kier molecular flexibility index (Phi) is 11.0. The predicted molar refractivity (Wildman–Crippen MR) is 149 cm³/mol. The molecule has 0 fully saturated rings. The Morgan fingerprint density at radius 3 is 2.25 bits per heavy atom. The number of hydrogen-bond acceptors (Lipinski definition) is 4. The lowest BCUT2D eigenvalue weighted by Gasteiger charge is -2.30. The highest BCUT2D eigenvalue weighted by atomic mass is 79.9. The summed E-state index contributed by atoms with van der Waals surface area (Å²) in [5, 5.41) is 2.91. The lowest BCUT2D eigenvalue weighted by molar-refractivity contribution is -0.140. The van der Waals surface area contributed by atoms with E-state index in [0.717, 1.165) is 21.2 Å². The van der Waals surface area contributed by atoms with E-state index >= 15 is 0 Å². The lowest BCUT2D eigenvalue weighted by atomic mass is 10.1. The molecule has 0 saturated heterocycles. The van der Waals surface area contributed by atoms with E-state index in [1.807, 2.05) is 64.1 Å². The first-order valence-electron chi connectivity index (χ1n) is 12.2. The zero-order valence-corrected chi connectivity index (χ0v) is 24.4. The first-order chi connectivity index (χ1) is 16.8. The molecule has 0 aliphatic carbocycles. The number of carbonyl (C=O) groups is 2. The second kappa shape index (κ2) is 13.2. The van der Waals surface area contributed by atoms with Crippen LogP contribution in [0.15, 0.2) is 46.9 Å². The van der Waals surface area contributed by atoms with E-state index < -0.39 is 16.1 Å². The molecule has 0 heterocycles. The van der Waals surface area contributed by atoms with Crippen LogP contribution in [-0.4, -0.2) is 50.5 Å². The maximum atomic E-state index is 13.4. The van der Waals surface area contributed by atoms with Crippen molar-refractivity contribution < 1.29 is 18.0 Å². The minimum Gasteiger partial charge on any atom is -0.354 e. The van der Waals surface area contributed by atoms with Gasteiger partial charge >= 0.3 is 0 Å². The van der Waals surface area contributed by atoms with E-state index in [1.165, 1.54) is 10.6 Å². The number of halogens is 1. The summed E-state index contributed by atoms with van der Waals surface area (Å²) in [6.45, 7) is 10.6. The molecule has 2 aromatic carbocycles. The van der Waals surface area contributed by atoms with Crippen LogP contribution in [0.2, 0.25) is 0 Å². The number of nitrogens with zero attached hydrogens (tertiary/aromatic N) is 2. The molecule has 0 aliphatic heterocycles. The summed E-state index contributed by atoms with van der Waals surface area (Å²) in [5.74, 6) is -0.106. The highest BCUT2D eigenvalue weighted by Crippen LogP contribution is 2.25. The van der Waals surface area contributed by atoms with Crippen molar-refractivity contribution in [2.24, 2.45) is 5.92 Å². The van der Waals surface area contributed by atoms with Crippen molar-refractivity contribution in [3.05, 3.63) is 63.6 Å². The van der Waals surface area contributed by atoms with Crippen molar-refractivity contribution in [2.75, 3.05) is 23.7 Å². The zero-order valence-electron chi connectivity index (χ0n) is 22.0. The van der Waals surface area contributed by atoms with Crippen LogP contribution in [0.3, 0.4) is 0 Å². The van der Waals surface area contributed by atoms with Gasteiger partial charge in [-0.3, -0.25) is 13.9 Å². The van der Waals surface area contributed by atoms with Gasteiger partial charge in [-0.15, -0.1) is 0 Å². The van der Waals surface area contributed by atoms with Gasteiger partial charge in [-0.1, -0.05) is 54.0 Å². The fourth-order valence-corrected chi connectivity index (χ4v) is 5.09. The number of anilines is 1. The third-order valence-electron chi connectivity index (χ3n) is 6.11. The highest BCUT2D eigenvalue weighted by molar-refractivity contribution is 9.10. The second-order valence-electron chi connectivity index (χ2n) is 9.62. The summed E-state index contributed by atoms with van der Waals surface area (Å²) in [7, 11) is -3.53. The molecule has 0 radical (unpaired) electrons. The average molecular weight is 581 g/mol. The van der Waals surface area contributed by atoms with Gasteiger partial charge in [-0.05, 0) is 68.0 Å². The fraction of sp³-hybridized carbons (Fsp3) is 0.481. The van der Waals surface area contributed by atoms with E-state index in [9.17, 15) is 18.0 Å². The van der Waals surface area contributed by atoms with Crippen LogP contribution in [0.25, 0.3) is 0 Å². The standard InChI is InChI=1S/C27H38BrN3O4S/c1-19(2)17-29-27(33)22(5)30(18-23-12-14-24(28)15-13-23)26(32)11-8-16-31(36(6,34)35)25-10-7-9-20(3)21(25)4/h7,9-10,12-15,19,22H,8,11,16-18H2,1-6H3,(H,29,33)/t22-/m1/s1. The Hall–Kier alpha value is -2.39. The van der Waals surface area contributed by atoms with Crippen molar-refractivity contribution in [3.8, 4) is 0 Å². The molecular formula is C27H38BrN3O4S. The van der Waals surface area contributed by atoms with Crippen LogP contribution in [-0.2, 0) is 26.2 Å². The summed E-state index contributed by atoms with van der Waals surface area (Å²) in [6.07, 6.45) is 1.63. The molecule has 36 heavy (non-hydrogen) atoms. The molecule has 7 nitrogen and oxygen atoms in total. The lowest BCUT2D eigenvalue weighted by Crippen LogP contribution is -2.48. The Morgan fingerprint density at radius 2 is 1.67 bits per heavy atom. The number of aryl methyl sites for hydroxylation is 1. The molecule has 1 atom stereocenters. The van der Waals surface area contributed by atoms with Crippen molar-refractivity contribution >= 4 is 43.5 Å². The highest BCUT2D eigenvalue weighted by Gasteiger charge is 2.27. The number of hydrogen-bond donors (Lipinski definition) is 1. The van der Waals surface area contributed by atoms with Gasteiger partial charge in [0.05, 0.1) is 11.9 Å². The van der Waals surface area contributed by atoms with E-state index in [0.29, 0.717) is 24.6 Å². The number of rotatable bonds is 12. The minimum atomic E-state index is -3.53. The van der Waals surface area contributed by atoms with Gasteiger partial charge in [0.15, 0.2) is 0 Å². The molecule has 0 bridgehead atoms. The van der Waals surface area contributed by atoms with E-state index in [-0.39, 0.29) is 31.3 Å². The van der Waals surface area contributed by atoms with Crippen LogP contribution in [0, 0.1) is 19.8 Å². The normalized spacial score (nSPS) is 12.3. The third-order valence-corrected chi connectivity index (χ3v) is 7.82. The Bertz CT molecular complexity index is 1150. The molecule has 0 spiro atoms. The third kappa shape index (κ3) is 8.62. The number of benzene rings is 2.